The maximum Gasteiger partial charge on any atom is 0.309 e. The van der Waals surface area contributed by atoms with Crippen molar-refractivity contribution in [2.24, 2.45) is 0 Å². The third-order valence-electron chi connectivity index (χ3n) is 2.71. The summed E-state index contributed by atoms with van der Waals surface area (Å²) in [5, 5.41) is 8.88. The number of rotatable bonds is 3. The van der Waals surface area contributed by atoms with Crippen LogP contribution in [0.15, 0.2) is 30.6 Å². The number of carbonyl (C=O) groups is 1. The molecule has 0 unspecified atom stereocenters. The minimum absolute atomic E-state index is 0.0142. The van der Waals surface area contributed by atoms with Gasteiger partial charge in [-0.15, -0.1) is 0 Å². The smallest absolute Gasteiger partial charge is 0.309 e. The fourth-order valence-electron chi connectivity index (χ4n) is 1.75. The first-order chi connectivity index (χ1) is 8.08. The highest BCUT2D eigenvalue weighted by Crippen LogP contribution is 2.15. The van der Waals surface area contributed by atoms with Gasteiger partial charge in [-0.3, -0.25) is 4.79 Å². The van der Waals surface area contributed by atoms with E-state index in [1.54, 1.807) is 6.33 Å². The number of hydrogen-bond acceptors (Lipinski definition) is 2. The summed E-state index contributed by atoms with van der Waals surface area (Å²) in [5.74, 6) is -0.845. The van der Waals surface area contributed by atoms with Crippen LogP contribution in [-0.4, -0.2) is 20.6 Å². The third kappa shape index (κ3) is 2.36. The first-order valence-electron chi connectivity index (χ1n) is 5.39. The van der Waals surface area contributed by atoms with E-state index in [1.165, 1.54) is 5.56 Å². The molecule has 2 rings (SSSR count). The second-order valence-corrected chi connectivity index (χ2v) is 4.05. The number of carboxylic acid groups (broad SMARTS) is 1. The Morgan fingerprint density at radius 2 is 1.94 bits per heavy atom. The van der Waals surface area contributed by atoms with Gasteiger partial charge >= 0.3 is 5.97 Å². The molecule has 4 nitrogen and oxygen atoms in total. The lowest BCUT2D eigenvalue weighted by Crippen LogP contribution is -2.07. The van der Waals surface area contributed by atoms with Gasteiger partial charge in [0.2, 0.25) is 0 Å². The highest BCUT2D eigenvalue weighted by molar-refractivity contribution is 5.70. The minimum Gasteiger partial charge on any atom is -0.481 e. The van der Waals surface area contributed by atoms with Crippen molar-refractivity contribution in [3.8, 4) is 5.69 Å². The summed E-state index contributed by atoms with van der Waals surface area (Å²) in [6.07, 6.45) is 1.65. The van der Waals surface area contributed by atoms with Gasteiger partial charge in [0.15, 0.2) is 0 Å². The van der Waals surface area contributed by atoms with Gasteiger partial charge in [-0.05, 0) is 26.0 Å². The van der Waals surface area contributed by atoms with E-state index in [0.717, 1.165) is 17.1 Å². The van der Waals surface area contributed by atoms with E-state index in [0.29, 0.717) is 0 Å². The zero-order chi connectivity index (χ0) is 12.4. The molecule has 0 aliphatic rings. The molecule has 17 heavy (non-hydrogen) atoms. The molecule has 0 aliphatic heterocycles. The van der Waals surface area contributed by atoms with Crippen LogP contribution in [0.4, 0.5) is 0 Å². The summed E-state index contributed by atoms with van der Waals surface area (Å²) >= 11 is 0. The summed E-state index contributed by atoms with van der Waals surface area (Å²) in [6, 6.07) is 7.91. The molecule has 0 amide bonds. The van der Waals surface area contributed by atoms with E-state index in [9.17, 15) is 4.79 Å². The Bertz CT molecular complexity index is 541. The molecule has 0 aliphatic carbocycles. The van der Waals surface area contributed by atoms with Crippen LogP contribution in [0.1, 0.15) is 17.0 Å². The average molecular weight is 230 g/mol. The summed E-state index contributed by atoms with van der Waals surface area (Å²) in [7, 11) is 0. The molecule has 0 saturated carbocycles. The Labute approximate surface area is 99.5 Å². The quantitative estimate of drug-likeness (QED) is 0.878. The minimum atomic E-state index is -0.845. The van der Waals surface area contributed by atoms with E-state index in [4.69, 9.17) is 5.11 Å². The van der Waals surface area contributed by atoms with Crippen LogP contribution in [0.25, 0.3) is 5.69 Å². The molecule has 4 heteroatoms. The highest BCUT2D eigenvalue weighted by atomic mass is 16.4. The first-order valence-corrected chi connectivity index (χ1v) is 5.39. The molecule has 1 aromatic carbocycles. The standard InChI is InChI=1S/C13H14N2O2/c1-9-3-5-11(6-4-9)15-8-14-10(2)12(15)7-13(16)17/h3-6,8H,7H2,1-2H3,(H,16,17). The molecule has 88 valence electrons. The number of hydrogen-bond donors (Lipinski definition) is 1. The fraction of sp³-hybridized carbons (Fsp3) is 0.231. The van der Waals surface area contributed by atoms with Crippen molar-refractivity contribution < 1.29 is 9.90 Å². The fourth-order valence-corrected chi connectivity index (χ4v) is 1.75. The molecule has 1 N–H and O–H groups in total. The van der Waals surface area contributed by atoms with Gasteiger partial charge in [0.1, 0.15) is 0 Å². The van der Waals surface area contributed by atoms with Gasteiger partial charge in [0, 0.05) is 5.69 Å². The van der Waals surface area contributed by atoms with Crippen LogP contribution in [-0.2, 0) is 11.2 Å². The Hall–Kier alpha value is -2.10. The number of aliphatic carboxylic acids is 1. The lowest BCUT2D eigenvalue weighted by molar-refractivity contribution is -0.136. The third-order valence-corrected chi connectivity index (χ3v) is 2.71. The lowest BCUT2D eigenvalue weighted by atomic mass is 10.2. The van der Waals surface area contributed by atoms with Gasteiger partial charge in [0.05, 0.1) is 24.1 Å². The Kier molecular flexibility index (Phi) is 2.95. The summed E-state index contributed by atoms with van der Waals surface area (Å²) in [5.41, 5.74) is 3.59. The van der Waals surface area contributed by atoms with Crippen LogP contribution in [0.5, 0.6) is 0 Å². The molecule has 0 bridgehead atoms. The molecule has 1 heterocycles. The van der Waals surface area contributed by atoms with Crippen LogP contribution < -0.4 is 0 Å². The monoisotopic (exact) mass is 230 g/mol. The highest BCUT2D eigenvalue weighted by Gasteiger charge is 2.12. The van der Waals surface area contributed by atoms with Crippen molar-refractivity contribution >= 4 is 5.97 Å². The predicted octanol–water partition coefficient (Wildman–Crippen LogP) is 2.12. The number of nitrogens with zero attached hydrogens (tertiary/aromatic N) is 2. The second-order valence-electron chi connectivity index (χ2n) is 4.05. The number of aryl methyl sites for hydroxylation is 2. The number of aromatic nitrogens is 2. The van der Waals surface area contributed by atoms with E-state index in [2.05, 4.69) is 4.98 Å². The van der Waals surface area contributed by atoms with Crippen molar-refractivity contribution in [2.45, 2.75) is 20.3 Å². The number of imidazole rings is 1. The molecule has 0 atom stereocenters. The van der Waals surface area contributed by atoms with Crippen molar-refractivity contribution in [1.29, 1.82) is 0 Å². The molecule has 0 spiro atoms. The van der Waals surface area contributed by atoms with Gasteiger partial charge < -0.3 is 9.67 Å². The van der Waals surface area contributed by atoms with Gasteiger partial charge in [-0.1, -0.05) is 17.7 Å². The van der Waals surface area contributed by atoms with Gasteiger partial charge in [-0.25, -0.2) is 4.98 Å². The Morgan fingerprint density at radius 3 is 2.53 bits per heavy atom. The van der Waals surface area contributed by atoms with Gasteiger partial charge in [-0.2, -0.15) is 0 Å². The second kappa shape index (κ2) is 4.41. The maximum absolute atomic E-state index is 10.8. The van der Waals surface area contributed by atoms with Gasteiger partial charge in [0.25, 0.3) is 0 Å². The van der Waals surface area contributed by atoms with E-state index in [-0.39, 0.29) is 6.42 Å². The van der Waals surface area contributed by atoms with Crippen LogP contribution in [0.2, 0.25) is 0 Å². The number of benzene rings is 1. The van der Waals surface area contributed by atoms with Crippen molar-refractivity contribution in [3.05, 3.63) is 47.5 Å². The van der Waals surface area contributed by atoms with E-state index >= 15 is 0 Å². The Balaban J connectivity index is 2.45. The van der Waals surface area contributed by atoms with Crippen molar-refractivity contribution in [1.82, 2.24) is 9.55 Å². The van der Waals surface area contributed by atoms with Crippen LogP contribution >= 0.6 is 0 Å². The maximum atomic E-state index is 10.8. The zero-order valence-corrected chi connectivity index (χ0v) is 9.84. The first kappa shape index (κ1) is 11.4. The van der Waals surface area contributed by atoms with E-state index in [1.807, 2.05) is 42.7 Å². The van der Waals surface area contributed by atoms with Crippen molar-refractivity contribution in [3.63, 3.8) is 0 Å². The molecule has 0 fully saturated rings. The molecule has 2 aromatic rings. The Morgan fingerprint density at radius 1 is 1.29 bits per heavy atom. The topological polar surface area (TPSA) is 55.1 Å². The average Bonchev–Trinajstić information content (AvgIpc) is 2.61. The predicted molar refractivity (Wildman–Crippen MR) is 64.4 cm³/mol. The van der Waals surface area contributed by atoms with Crippen LogP contribution in [0, 0.1) is 13.8 Å². The molecule has 0 radical (unpaired) electrons. The van der Waals surface area contributed by atoms with Crippen molar-refractivity contribution in [2.75, 3.05) is 0 Å². The largest absolute Gasteiger partial charge is 0.481 e. The molecular weight excluding hydrogens is 216 g/mol. The summed E-state index contributed by atoms with van der Waals surface area (Å²) < 4.78 is 1.82. The normalized spacial score (nSPS) is 10.5. The molecular formula is C13H14N2O2. The lowest BCUT2D eigenvalue weighted by Gasteiger charge is -2.07. The van der Waals surface area contributed by atoms with E-state index < -0.39 is 5.97 Å². The molecule has 1 aromatic heterocycles. The number of carboxylic acids is 1. The zero-order valence-electron chi connectivity index (χ0n) is 9.84. The SMILES string of the molecule is Cc1ccc(-n2cnc(C)c2CC(=O)O)cc1. The summed E-state index contributed by atoms with van der Waals surface area (Å²) in [6.45, 7) is 3.84. The molecule has 0 saturated heterocycles. The van der Waals surface area contributed by atoms with Crippen LogP contribution in [0.3, 0.4) is 0 Å². The summed E-state index contributed by atoms with van der Waals surface area (Å²) in [4.78, 5) is 15.0.